The monoisotopic (exact) mass is 478 g/mol. The van der Waals surface area contributed by atoms with E-state index >= 15 is 0 Å². The summed E-state index contributed by atoms with van der Waals surface area (Å²) >= 11 is 11.9. The van der Waals surface area contributed by atoms with Gasteiger partial charge in [-0.3, -0.25) is 4.98 Å². The van der Waals surface area contributed by atoms with Crippen molar-refractivity contribution >= 4 is 34.6 Å². The number of benzene rings is 2. The highest BCUT2D eigenvalue weighted by atomic mass is 35.5. The van der Waals surface area contributed by atoms with Gasteiger partial charge in [-0.2, -0.15) is 0 Å². The van der Waals surface area contributed by atoms with Crippen LogP contribution in [0.5, 0.6) is 5.75 Å². The van der Waals surface area contributed by atoms with E-state index in [0.717, 1.165) is 28.5 Å². The maximum atomic E-state index is 13.8. The lowest BCUT2D eigenvalue weighted by atomic mass is 10.0. The first-order valence-electron chi connectivity index (χ1n) is 10.3. The molecule has 2 aromatic heterocycles. The molecule has 166 valence electrons. The summed E-state index contributed by atoms with van der Waals surface area (Å²) in [7, 11) is 1.64. The minimum Gasteiger partial charge on any atom is -0.497 e. The van der Waals surface area contributed by atoms with Crippen LogP contribution in [0.3, 0.4) is 0 Å². The molecule has 0 radical (unpaired) electrons. The number of anilines is 1. The van der Waals surface area contributed by atoms with Gasteiger partial charge >= 0.3 is 0 Å². The van der Waals surface area contributed by atoms with Gasteiger partial charge in [-0.1, -0.05) is 23.7 Å². The Bertz CT molecular complexity index is 1310. The second-order valence-electron chi connectivity index (χ2n) is 7.60. The minimum atomic E-state index is -0.456. The number of hydrogen-bond donors (Lipinski definition) is 1. The van der Waals surface area contributed by atoms with Gasteiger partial charge in [0, 0.05) is 35.5 Å². The maximum absolute atomic E-state index is 13.8. The molecular formula is C25H20ClFN4OS. The molecule has 4 aromatic rings. The van der Waals surface area contributed by atoms with Gasteiger partial charge in [0.15, 0.2) is 5.11 Å². The molecule has 0 saturated carbocycles. The lowest BCUT2D eigenvalue weighted by Crippen LogP contribution is -2.30. The molecule has 5 nitrogen and oxygen atoms in total. The van der Waals surface area contributed by atoms with E-state index < -0.39 is 5.82 Å². The van der Waals surface area contributed by atoms with Crippen LogP contribution in [0, 0.1) is 5.82 Å². The number of halogens is 2. The van der Waals surface area contributed by atoms with Crippen molar-refractivity contribution in [1.82, 2.24) is 14.9 Å². The molecule has 1 N–H and O–H groups in total. The van der Waals surface area contributed by atoms with Crippen molar-refractivity contribution in [1.29, 1.82) is 0 Å². The van der Waals surface area contributed by atoms with E-state index in [2.05, 4.69) is 15.2 Å². The number of methoxy groups -OCH3 is 1. The number of aromatic nitrogens is 2. The number of nitrogens with zero attached hydrogens (tertiary/aromatic N) is 3. The van der Waals surface area contributed by atoms with Crippen LogP contribution in [-0.4, -0.2) is 21.8 Å². The van der Waals surface area contributed by atoms with Gasteiger partial charge in [0.2, 0.25) is 0 Å². The molecule has 0 bridgehead atoms. The van der Waals surface area contributed by atoms with Crippen molar-refractivity contribution < 1.29 is 9.13 Å². The van der Waals surface area contributed by atoms with Crippen LogP contribution < -0.4 is 15.0 Å². The first-order chi connectivity index (χ1) is 16.1. The first-order valence-corrected chi connectivity index (χ1v) is 11.1. The molecule has 0 spiro atoms. The van der Waals surface area contributed by atoms with Crippen LogP contribution in [0.2, 0.25) is 5.02 Å². The molecule has 0 aliphatic carbocycles. The van der Waals surface area contributed by atoms with Gasteiger partial charge in [0.1, 0.15) is 17.6 Å². The molecule has 1 aliphatic rings. The smallest absolute Gasteiger partial charge is 0.174 e. The molecule has 0 amide bonds. The molecule has 8 heteroatoms. The molecule has 5 rings (SSSR count). The van der Waals surface area contributed by atoms with Crippen LogP contribution >= 0.6 is 23.8 Å². The van der Waals surface area contributed by atoms with E-state index in [1.165, 1.54) is 6.07 Å². The normalized spacial score (nSPS) is 17.8. The van der Waals surface area contributed by atoms with Crippen molar-refractivity contribution in [2.24, 2.45) is 0 Å². The third-order valence-corrected chi connectivity index (χ3v) is 6.30. The van der Waals surface area contributed by atoms with E-state index in [4.69, 9.17) is 28.6 Å². The zero-order chi connectivity index (χ0) is 22.9. The number of nitrogens with one attached hydrogen (secondary N) is 1. The van der Waals surface area contributed by atoms with E-state index in [1.807, 2.05) is 65.4 Å². The maximum Gasteiger partial charge on any atom is 0.174 e. The molecule has 33 heavy (non-hydrogen) atoms. The van der Waals surface area contributed by atoms with Gasteiger partial charge < -0.3 is 19.5 Å². The molecule has 2 aromatic carbocycles. The second-order valence-corrected chi connectivity index (χ2v) is 8.39. The lowest BCUT2D eigenvalue weighted by molar-refractivity contribution is 0.414. The Morgan fingerprint density at radius 2 is 1.91 bits per heavy atom. The van der Waals surface area contributed by atoms with Crippen LogP contribution in [0.1, 0.15) is 23.5 Å². The molecule has 1 fully saturated rings. The third kappa shape index (κ3) is 3.94. The summed E-state index contributed by atoms with van der Waals surface area (Å²) in [4.78, 5) is 6.66. The summed E-state index contributed by atoms with van der Waals surface area (Å²) in [6, 6.07) is 21.8. The number of rotatable bonds is 5. The van der Waals surface area contributed by atoms with E-state index in [9.17, 15) is 4.39 Å². The number of hydrogen-bond acceptors (Lipinski definition) is 3. The first kappa shape index (κ1) is 21.4. The van der Waals surface area contributed by atoms with E-state index in [-0.39, 0.29) is 17.1 Å². The minimum absolute atomic E-state index is 0.0677. The zero-order valence-corrected chi connectivity index (χ0v) is 19.2. The topological polar surface area (TPSA) is 42.3 Å². The summed E-state index contributed by atoms with van der Waals surface area (Å²) in [5.41, 5.74) is 3.45. The molecule has 1 aliphatic heterocycles. The van der Waals surface area contributed by atoms with Crippen molar-refractivity contribution in [3.63, 3.8) is 0 Å². The second kappa shape index (κ2) is 8.84. The van der Waals surface area contributed by atoms with Crippen molar-refractivity contribution in [2.75, 3.05) is 12.0 Å². The number of ether oxygens (including phenoxy) is 1. The number of thiocarbonyl (C=S) groups is 1. The summed E-state index contributed by atoms with van der Waals surface area (Å²) in [5, 5.41) is 4.09. The van der Waals surface area contributed by atoms with Gasteiger partial charge in [0.05, 0.1) is 23.9 Å². The summed E-state index contributed by atoms with van der Waals surface area (Å²) in [6.07, 6.45) is 3.70. The van der Waals surface area contributed by atoms with Crippen LogP contribution in [0.4, 0.5) is 10.1 Å². The van der Waals surface area contributed by atoms with Gasteiger partial charge in [-0.25, -0.2) is 4.39 Å². The van der Waals surface area contributed by atoms with E-state index in [1.54, 1.807) is 25.4 Å². The highest BCUT2D eigenvalue weighted by Gasteiger charge is 2.42. The molecule has 1 saturated heterocycles. The Morgan fingerprint density at radius 3 is 2.67 bits per heavy atom. The fourth-order valence-electron chi connectivity index (χ4n) is 4.20. The molecule has 3 heterocycles. The lowest BCUT2D eigenvalue weighted by Gasteiger charge is -2.29. The summed E-state index contributed by atoms with van der Waals surface area (Å²) in [6.45, 7) is 0. The highest BCUT2D eigenvalue weighted by Crippen LogP contribution is 2.43. The fraction of sp³-hybridized carbons (Fsp3) is 0.120. The Morgan fingerprint density at radius 1 is 1.03 bits per heavy atom. The van der Waals surface area contributed by atoms with Crippen LogP contribution in [-0.2, 0) is 0 Å². The van der Waals surface area contributed by atoms with Gasteiger partial charge in [-0.15, -0.1) is 0 Å². The molecule has 2 atom stereocenters. The third-order valence-electron chi connectivity index (χ3n) is 5.69. The highest BCUT2D eigenvalue weighted by molar-refractivity contribution is 7.80. The Balaban J connectivity index is 1.67. The standard InChI is InChI=1S/C25H20ClFN4OS/c1-32-18-7-4-6-17(14-18)31-24(23(29-25(31)33)21-8-2-3-12-28-21)22-9-5-13-30(22)16-10-11-20(27)19(26)15-16/h2-15,23-24H,1H3,(H,29,33). The van der Waals surface area contributed by atoms with E-state index in [0.29, 0.717) is 5.11 Å². The zero-order valence-electron chi connectivity index (χ0n) is 17.7. The average molecular weight is 479 g/mol. The van der Waals surface area contributed by atoms with Crippen LogP contribution in [0.15, 0.2) is 85.2 Å². The Hall–Kier alpha value is -3.42. The average Bonchev–Trinajstić information content (AvgIpc) is 3.45. The Labute approximate surface area is 201 Å². The summed E-state index contributed by atoms with van der Waals surface area (Å²) < 4.78 is 21.3. The number of pyridine rings is 1. The molecular weight excluding hydrogens is 459 g/mol. The van der Waals surface area contributed by atoms with Gasteiger partial charge in [0.25, 0.3) is 0 Å². The quantitative estimate of drug-likeness (QED) is 0.364. The SMILES string of the molecule is COc1cccc(N2C(=S)NC(c3ccccn3)C2c2cccn2-c2ccc(F)c(Cl)c2)c1. The van der Waals surface area contributed by atoms with Gasteiger partial charge in [-0.05, 0) is 66.8 Å². The van der Waals surface area contributed by atoms with Crippen molar-refractivity contribution in [3.8, 4) is 11.4 Å². The van der Waals surface area contributed by atoms with Crippen molar-refractivity contribution in [3.05, 3.63) is 107 Å². The predicted molar refractivity (Wildman–Crippen MR) is 132 cm³/mol. The molecule has 2 unspecified atom stereocenters. The predicted octanol–water partition coefficient (Wildman–Crippen LogP) is 5.85. The summed E-state index contributed by atoms with van der Waals surface area (Å²) in [5.74, 6) is 0.276. The fourth-order valence-corrected chi connectivity index (χ4v) is 4.72. The van der Waals surface area contributed by atoms with Crippen LogP contribution in [0.25, 0.3) is 5.69 Å². The van der Waals surface area contributed by atoms with Crippen molar-refractivity contribution in [2.45, 2.75) is 12.1 Å². The Kier molecular flexibility index (Phi) is 5.74. The largest absolute Gasteiger partial charge is 0.497 e.